The van der Waals surface area contributed by atoms with Gasteiger partial charge in [-0.05, 0) is 30.2 Å². The fourth-order valence-corrected chi connectivity index (χ4v) is 2.79. The first-order chi connectivity index (χ1) is 13.4. The minimum atomic E-state index is -1.48. The molecular weight excluding hydrogens is 356 g/mol. The van der Waals surface area contributed by atoms with E-state index in [2.05, 4.69) is 9.97 Å². The molecule has 28 heavy (non-hydrogen) atoms. The maximum absolute atomic E-state index is 10.6. The van der Waals surface area contributed by atoms with E-state index < -0.39 is 12.3 Å². The molecule has 0 amide bonds. The number of hydrogen-bond donors (Lipinski definition) is 4. The molecule has 4 N–H and O–H groups in total. The minimum absolute atomic E-state index is 0.784. The van der Waals surface area contributed by atoms with Crippen molar-refractivity contribution in [3.63, 3.8) is 0 Å². The first-order valence-corrected chi connectivity index (χ1v) is 8.65. The lowest BCUT2D eigenvalue weighted by atomic mass is 10.0. The molecule has 6 heteroatoms. The number of carboxylic acid groups (broad SMARTS) is 1. The van der Waals surface area contributed by atoms with Crippen molar-refractivity contribution in [2.24, 2.45) is 0 Å². The molecule has 0 saturated heterocycles. The lowest BCUT2D eigenvalue weighted by Gasteiger charge is -2.05. The molecule has 0 saturated carbocycles. The molecule has 0 fully saturated rings. The van der Waals surface area contributed by atoms with Crippen molar-refractivity contribution in [3.05, 3.63) is 77.6 Å². The summed E-state index contributed by atoms with van der Waals surface area (Å²) >= 11 is 0. The van der Waals surface area contributed by atoms with Gasteiger partial charge in [0.05, 0.1) is 11.4 Å². The Morgan fingerprint density at radius 3 is 2.11 bits per heavy atom. The van der Waals surface area contributed by atoms with Crippen LogP contribution in [-0.2, 0) is 4.79 Å². The Bertz CT molecular complexity index is 1010. The van der Waals surface area contributed by atoms with Gasteiger partial charge in [-0.15, -0.1) is 0 Å². The summed E-state index contributed by atoms with van der Waals surface area (Å²) in [7, 11) is 0. The SMILES string of the molecule is Cc1nc(-c2ccc(/C=C/C(=O)O)cc2)c(-c2ccc(/C=C/C(O)O)cc2)[nH]1. The molecular formula is C22H20N2O4. The number of aliphatic hydroxyl groups excluding tert-OH is 1. The standard InChI is InChI=1S/C22H20N2O4/c1-14-23-21(17-8-2-15(3-9-17)6-12-19(25)26)22(24-14)18-10-4-16(5-11-18)7-13-20(27)28/h2-13,19,25-26H,1H3,(H,23,24)(H,27,28)/b12-6+,13-7+. The molecule has 0 aliphatic carbocycles. The lowest BCUT2D eigenvalue weighted by molar-refractivity contribution is -0.131. The molecule has 0 bridgehead atoms. The maximum Gasteiger partial charge on any atom is 0.328 e. The van der Waals surface area contributed by atoms with Gasteiger partial charge < -0.3 is 20.3 Å². The third-order valence-electron chi connectivity index (χ3n) is 4.08. The van der Waals surface area contributed by atoms with Crippen molar-refractivity contribution < 1.29 is 20.1 Å². The molecule has 0 aliphatic rings. The molecule has 3 rings (SSSR count). The van der Waals surface area contributed by atoms with Gasteiger partial charge in [0, 0.05) is 17.2 Å². The van der Waals surface area contributed by atoms with Crippen LogP contribution in [0.15, 0.2) is 60.7 Å². The molecule has 142 valence electrons. The number of rotatable bonds is 6. The Morgan fingerprint density at radius 1 is 0.964 bits per heavy atom. The number of aromatic amines is 1. The van der Waals surface area contributed by atoms with E-state index in [1.165, 1.54) is 6.08 Å². The predicted molar refractivity (Wildman–Crippen MR) is 108 cm³/mol. The van der Waals surface area contributed by atoms with Crippen LogP contribution in [-0.4, -0.2) is 37.5 Å². The highest BCUT2D eigenvalue weighted by atomic mass is 16.5. The van der Waals surface area contributed by atoms with Crippen LogP contribution in [0, 0.1) is 6.92 Å². The van der Waals surface area contributed by atoms with Gasteiger partial charge in [-0.3, -0.25) is 0 Å². The second kappa shape index (κ2) is 8.47. The van der Waals surface area contributed by atoms with Gasteiger partial charge in [0.1, 0.15) is 5.82 Å². The average molecular weight is 376 g/mol. The van der Waals surface area contributed by atoms with E-state index in [9.17, 15) is 4.79 Å². The van der Waals surface area contributed by atoms with Gasteiger partial charge >= 0.3 is 5.97 Å². The molecule has 6 nitrogen and oxygen atoms in total. The second-order valence-electron chi connectivity index (χ2n) is 6.23. The zero-order valence-electron chi connectivity index (χ0n) is 15.2. The Labute approximate surface area is 162 Å². The summed E-state index contributed by atoms with van der Waals surface area (Å²) in [5.41, 5.74) is 5.20. The van der Waals surface area contributed by atoms with Gasteiger partial charge in [0.25, 0.3) is 0 Å². The number of aliphatic hydroxyl groups is 2. The van der Waals surface area contributed by atoms with E-state index >= 15 is 0 Å². The summed E-state index contributed by atoms with van der Waals surface area (Å²) in [4.78, 5) is 18.5. The molecule has 1 heterocycles. The quantitative estimate of drug-likeness (QED) is 0.389. The summed E-state index contributed by atoms with van der Waals surface area (Å²) < 4.78 is 0. The van der Waals surface area contributed by atoms with Crippen molar-refractivity contribution in [1.82, 2.24) is 9.97 Å². The fourth-order valence-electron chi connectivity index (χ4n) is 2.79. The number of nitrogens with one attached hydrogen (secondary N) is 1. The minimum Gasteiger partial charge on any atom is -0.478 e. The smallest absolute Gasteiger partial charge is 0.328 e. The first kappa shape index (κ1) is 19.3. The maximum atomic E-state index is 10.6. The third kappa shape index (κ3) is 4.82. The largest absolute Gasteiger partial charge is 0.478 e. The Hall–Kier alpha value is -3.48. The topological polar surface area (TPSA) is 106 Å². The van der Waals surface area contributed by atoms with Gasteiger partial charge in [-0.1, -0.05) is 54.6 Å². The summed E-state index contributed by atoms with van der Waals surface area (Å²) in [5.74, 6) is -0.201. The average Bonchev–Trinajstić information content (AvgIpc) is 3.07. The van der Waals surface area contributed by atoms with Crippen LogP contribution in [0.25, 0.3) is 34.7 Å². The number of imidazole rings is 1. The molecule has 2 aromatic carbocycles. The van der Waals surface area contributed by atoms with Crippen molar-refractivity contribution in [2.45, 2.75) is 13.2 Å². The number of carbonyl (C=O) groups is 1. The normalized spacial score (nSPS) is 11.7. The van der Waals surface area contributed by atoms with E-state index in [4.69, 9.17) is 15.3 Å². The van der Waals surface area contributed by atoms with E-state index in [0.717, 1.165) is 45.5 Å². The monoisotopic (exact) mass is 376 g/mol. The van der Waals surface area contributed by atoms with E-state index in [1.807, 2.05) is 55.5 Å². The predicted octanol–water partition coefficient (Wildman–Crippen LogP) is 3.47. The van der Waals surface area contributed by atoms with Gasteiger partial charge in [-0.25, -0.2) is 9.78 Å². The van der Waals surface area contributed by atoms with Gasteiger partial charge in [0.15, 0.2) is 6.29 Å². The van der Waals surface area contributed by atoms with E-state index in [1.54, 1.807) is 12.2 Å². The van der Waals surface area contributed by atoms with Crippen LogP contribution < -0.4 is 0 Å². The molecule has 0 aliphatic heterocycles. The fraction of sp³-hybridized carbons (Fsp3) is 0.0909. The molecule has 0 unspecified atom stereocenters. The zero-order valence-corrected chi connectivity index (χ0v) is 15.2. The second-order valence-corrected chi connectivity index (χ2v) is 6.23. The van der Waals surface area contributed by atoms with E-state index in [-0.39, 0.29) is 0 Å². The molecule has 0 radical (unpaired) electrons. The number of aliphatic carboxylic acids is 1. The Morgan fingerprint density at radius 2 is 1.54 bits per heavy atom. The van der Waals surface area contributed by atoms with E-state index in [0.29, 0.717) is 0 Å². The van der Waals surface area contributed by atoms with Crippen molar-refractivity contribution in [3.8, 4) is 22.5 Å². The zero-order chi connectivity index (χ0) is 20.1. The van der Waals surface area contributed by atoms with Crippen LogP contribution in [0.2, 0.25) is 0 Å². The number of nitrogens with zero attached hydrogens (tertiary/aromatic N) is 1. The molecule has 0 spiro atoms. The molecule has 1 aromatic heterocycles. The number of carboxylic acids is 1. The lowest BCUT2D eigenvalue weighted by Crippen LogP contribution is -1.96. The number of aromatic nitrogens is 2. The summed E-state index contributed by atoms with van der Waals surface area (Å²) in [5, 5.41) is 26.6. The highest BCUT2D eigenvalue weighted by molar-refractivity contribution is 5.85. The van der Waals surface area contributed by atoms with Crippen molar-refractivity contribution in [2.75, 3.05) is 0 Å². The third-order valence-corrected chi connectivity index (χ3v) is 4.08. The number of aryl methyl sites for hydroxylation is 1. The van der Waals surface area contributed by atoms with Crippen LogP contribution in [0.4, 0.5) is 0 Å². The van der Waals surface area contributed by atoms with Crippen molar-refractivity contribution >= 4 is 18.1 Å². The van der Waals surface area contributed by atoms with Crippen LogP contribution in [0.1, 0.15) is 17.0 Å². The number of hydrogen-bond acceptors (Lipinski definition) is 4. The highest BCUT2D eigenvalue weighted by Gasteiger charge is 2.12. The van der Waals surface area contributed by atoms with Crippen molar-refractivity contribution in [1.29, 1.82) is 0 Å². The molecule has 3 aromatic rings. The van der Waals surface area contributed by atoms with Crippen LogP contribution >= 0.6 is 0 Å². The van der Waals surface area contributed by atoms with Crippen LogP contribution in [0.5, 0.6) is 0 Å². The Kier molecular flexibility index (Phi) is 5.84. The first-order valence-electron chi connectivity index (χ1n) is 8.65. The van der Waals surface area contributed by atoms with Crippen LogP contribution in [0.3, 0.4) is 0 Å². The van der Waals surface area contributed by atoms with Gasteiger partial charge in [0.2, 0.25) is 0 Å². The van der Waals surface area contributed by atoms with Gasteiger partial charge in [-0.2, -0.15) is 0 Å². The summed E-state index contributed by atoms with van der Waals surface area (Å²) in [6.07, 6.45) is 4.09. The molecule has 0 atom stereocenters. The highest BCUT2D eigenvalue weighted by Crippen LogP contribution is 2.30. The number of benzene rings is 2. The summed E-state index contributed by atoms with van der Waals surface area (Å²) in [6.45, 7) is 1.89. The Balaban J connectivity index is 1.90. The summed E-state index contributed by atoms with van der Waals surface area (Å²) in [6, 6.07) is 15.1. The number of H-pyrrole nitrogens is 1.